The van der Waals surface area contributed by atoms with Crippen molar-refractivity contribution in [2.45, 2.75) is 201 Å². The Labute approximate surface area is 877 Å². The molecule has 9 heterocycles. The van der Waals surface area contributed by atoms with E-state index in [1.54, 1.807) is 184 Å². The Morgan fingerprint density at radius 1 is 0.373 bits per heavy atom. The summed E-state index contributed by atoms with van der Waals surface area (Å²) in [5.74, 6) is 3.24. The number of aliphatic hydroxyl groups is 4. The molecule has 21 rings (SSSR count). The van der Waals surface area contributed by atoms with Crippen LogP contribution < -0.4 is 39.6 Å². The molecule has 8 N–H and O–H groups in total. The van der Waals surface area contributed by atoms with Gasteiger partial charge in [-0.15, -0.1) is 0 Å². The smallest absolute Gasteiger partial charge is 0.246 e. The van der Waals surface area contributed by atoms with Crippen LogP contribution in [0.2, 0.25) is 5.02 Å². The highest BCUT2D eigenvalue weighted by Gasteiger charge is 2.56. The number of carbonyl (C=O) groups is 4. The Bertz CT molecular complexity index is 7050. The van der Waals surface area contributed by atoms with E-state index in [2.05, 4.69) is 30.9 Å². The van der Waals surface area contributed by atoms with Gasteiger partial charge in [-0.3, -0.25) is 24.2 Å². The number of hydrogen-bond acceptors (Lipinski definition) is 26. The summed E-state index contributed by atoms with van der Waals surface area (Å²) >= 11 is 6.29. The summed E-state index contributed by atoms with van der Waals surface area (Å²) in [6, 6.07) is 68.2. The topological polar surface area (TPSA) is 453 Å². The SMILES string of the molecule is CC1(C)Oc2ccc(C3(C(=O)Cc4cccc(-c5ccc(S(=O)(=O)N6CCC[C@@H]6CO)cc5)n4)CC3)cc2O1.COc1ccc(C2(C(=O)Nc3cccc(-c4ccc(S(=O)(=O)N5CCC[C@@H]5CO)cc4)n3)CC2)cc1C.COc1ccc(C2(C(=O)Nc3cccc(-c4ccc(S(=O)(=O)N5CCC[C@@H]5CO)cc4)n3)CC2)cc1Cl.COc1ccc(C2(C(=O)Nc3cccc(-c4ccc(S(=O)(=O)N5CCC[C@@H]5CO)cc4)n3)CC2)cc1O. The summed E-state index contributed by atoms with van der Waals surface area (Å²) in [6.07, 6.45) is 11.7. The van der Waals surface area contributed by atoms with E-state index in [4.69, 9.17) is 40.3 Å². The number of carbonyl (C=O) groups excluding carboxylic acids is 4. The van der Waals surface area contributed by atoms with Gasteiger partial charge in [0.1, 0.15) is 34.7 Å². The lowest BCUT2D eigenvalue weighted by Crippen LogP contribution is -2.37. The van der Waals surface area contributed by atoms with Gasteiger partial charge in [-0.05, 0) is 277 Å². The van der Waals surface area contributed by atoms with Gasteiger partial charge in [0.2, 0.25) is 63.6 Å². The molecule has 4 aliphatic carbocycles. The number of benzene rings is 8. The fourth-order valence-electron chi connectivity index (χ4n) is 20.6. The van der Waals surface area contributed by atoms with E-state index in [9.17, 15) is 78.4 Å². The molecule has 4 atom stereocenters. The summed E-state index contributed by atoms with van der Waals surface area (Å²) in [4.78, 5) is 72.4. The van der Waals surface area contributed by atoms with Gasteiger partial charge in [0.15, 0.2) is 23.0 Å². The second-order valence-electron chi connectivity index (χ2n) is 39.7. The highest BCUT2D eigenvalue weighted by molar-refractivity contribution is 7.90. The Morgan fingerprint density at radius 3 is 1.01 bits per heavy atom. The van der Waals surface area contributed by atoms with Crippen molar-refractivity contribution in [1.29, 1.82) is 0 Å². The normalized spacial score (nSPS) is 19.5. The van der Waals surface area contributed by atoms with Gasteiger partial charge in [0, 0.05) is 98.6 Å². The first-order valence-electron chi connectivity index (χ1n) is 50.1. The minimum atomic E-state index is -3.70. The van der Waals surface area contributed by atoms with Crippen LogP contribution in [0.5, 0.6) is 34.5 Å². The molecule has 9 aliphatic rings. The predicted octanol–water partition coefficient (Wildman–Crippen LogP) is 15.6. The van der Waals surface area contributed by atoms with Crippen LogP contribution >= 0.6 is 11.6 Å². The zero-order valence-corrected chi connectivity index (χ0v) is 87.9. The molecule has 12 aromatic rings. The second kappa shape index (κ2) is 43.8. The summed E-state index contributed by atoms with van der Waals surface area (Å²) in [6.45, 7) is 6.57. The Kier molecular flexibility index (Phi) is 31.2. The number of halogens is 1. The van der Waals surface area contributed by atoms with Crippen LogP contribution in [0.3, 0.4) is 0 Å². The monoisotopic (exact) mass is 2130 g/mol. The second-order valence-corrected chi connectivity index (χ2v) is 47.7. The maximum atomic E-state index is 13.5. The molecular formula is C112H120ClN11O22S4. The van der Waals surface area contributed by atoms with E-state index < -0.39 is 67.5 Å². The van der Waals surface area contributed by atoms with E-state index in [-0.39, 0.29) is 106 Å². The molecule has 5 aliphatic heterocycles. The van der Waals surface area contributed by atoms with Gasteiger partial charge >= 0.3 is 0 Å². The number of ketones is 1. The van der Waals surface area contributed by atoms with E-state index in [1.165, 1.54) is 24.3 Å². The number of aryl methyl sites for hydroxylation is 1. The lowest BCUT2D eigenvalue weighted by Gasteiger charge is -2.22. The van der Waals surface area contributed by atoms with Crippen LogP contribution in [0.25, 0.3) is 45.0 Å². The van der Waals surface area contributed by atoms with Gasteiger partial charge in [-0.2, -0.15) is 17.2 Å². The van der Waals surface area contributed by atoms with Crippen molar-refractivity contribution in [3.05, 3.63) is 281 Å². The molecule has 3 amide bonds. The van der Waals surface area contributed by atoms with E-state index in [1.807, 2.05) is 93.6 Å². The number of rotatable bonds is 32. The van der Waals surface area contributed by atoms with Crippen molar-refractivity contribution < 1.29 is 102 Å². The summed E-state index contributed by atoms with van der Waals surface area (Å²) < 4.78 is 137. The summed E-state index contributed by atoms with van der Waals surface area (Å²) in [5, 5.41) is 57.6. The molecule has 4 saturated heterocycles. The van der Waals surface area contributed by atoms with Crippen molar-refractivity contribution in [3.63, 3.8) is 0 Å². The fourth-order valence-corrected chi connectivity index (χ4v) is 27.6. The third-order valence-electron chi connectivity index (χ3n) is 29.7. The van der Waals surface area contributed by atoms with Crippen molar-refractivity contribution in [3.8, 4) is 79.5 Å². The number of anilines is 3. The van der Waals surface area contributed by atoms with Gasteiger partial charge in [-0.25, -0.2) is 48.6 Å². The third-order valence-corrected chi connectivity index (χ3v) is 37.9. The van der Waals surface area contributed by atoms with Gasteiger partial charge < -0.3 is 65.2 Å². The number of phenolic OH excluding ortho intramolecular Hbond substituents is 1. The highest BCUT2D eigenvalue weighted by atomic mass is 35.5. The van der Waals surface area contributed by atoms with Crippen LogP contribution in [0.1, 0.15) is 150 Å². The number of pyridine rings is 4. The standard InChI is InChI=1S/C30H32N2O6S.C28H31N3O5S.C27H28ClN3O5S.C27H29N3O6S/c1-29(2)37-26-13-10-21(17-27(26)38-29)30(14-15-30)28(34)18-22-5-3-7-25(31-22)20-8-11-24(12-9-20)39(35,36)32-16-4-6-23(32)19-33;1-19-17-21(10-13-25(19)36-2)28(14-15-28)27(33)30-26-7-3-6-24(29-26)20-8-11-23(12-9-20)37(34,35)31-16-4-5-22(31)18-32;1-36-24-12-9-19(16-22(24)28)27(13-14-27)26(33)30-25-6-2-5-23(29-25)18-7-10-21(11-8-18)37(34,35)31-15-3-4-20(31)17-32;1-36-24-12-9-19(16-23(24)32)27(13-14-27)26(33)29-25-6-2-5-22(28-25)18-7-10-21(11-8-18)37(34,35)30-15-3-4-20(30)17-31/h3,5,7-13,17,23,33H,4,6,14-16,18-19H2,1-2H3;3,6-13,17,22,32H,4-5,14-16,18H2,1-2H3,(H,29,30,33);2,5-12,16,20,32H,3-4,13-15,17H2,1H3,(H,29,30,33);2,5-12,16,20,31-32H,3-4,13-15,17H2,1H3,(H,28,29,33)/t23-;22-;2*20-/m1111/s1. The minimum absolute atomic E-state index is 0.0127. The number of aromatic hydroxyl groups is 1. The summed E-state index contributed by atoms with van der Waals surface area (Å²) in [5.41, 5.74) is 8.10. The number of Topliss-reactive ketones (excluding diaryl/α,β-unsaturated/α-hetero) is 1. The number of aromatic nitrogens is 4. The van der Waals surface area contributed by atoms with Crippen LogP contribution in [0.4, 0.5) is 17.5 Å². The van der Waals surface area contributed by atoms with E-state index in [0.29, 0.717) is 157 Å². The number of phenols is 1. The first-order chi connectivity index (χ1) is 71.9. The highest BCUT2D eigenvalue weighted by Crippen LogP contribution is 2.56. The van der Waals surface area contributed by atoms with Gasteiger partial charge in [-0.1, -0.05) is 115 Å². The van der Waals surface area contributed by atoms with Crippen molar-refractivity contribution in [2.75, 3.05) is 89.9 Å². The Morgan fingerprint density at radius 2 is 0.680 bits per heavy atom. The predicted molar refractivity (Wildman–Crippen MR) is 565 cm³/mol. The molecule has 0 bridgehead atoms. The minimum Gasteiger partial charge on any atom is -0.504 e. The van der Waals surface area contributed by atoms with Gasteiger partial charge in [0.05, 0.1) is 117 Å². The molecule has 0 radical (unpaired) electrons. The number of hydrogen-bond donors (Lipinski definition) is 8. The van der Waals surface area contributed by atoms with Crippen LogP contribution in [0.15, 0.2) is 262 Å². The average molecular weight is 2140 g/mol. The van der Waals surface area contributed by atoms with Crippen molar-refractivity contribution in [2.24, 2.45) is 0 Å². The number of amides is 3. The Hall–Kier alpha value is -13.0. The molecule has 33 nitrogen and oxygen atoms in total. The van der Waals surface area contributed by atoms with E-state index >= 15 is 0 Å². The zero-order valence-electron chi connectivity index (χ0n) is 83.8. The molecule has 786 valence electrons. The molecular weight excluding hydrogens is 2020 g/mol. The zero-order chi connectivity index (χ0) is 106. The number of aliphatic hydroxyl groups excluding tert-OH is 4. The lowest BCUT2D eigenvalue weighted by molar-refractivity contribution is -0.121. The molecule has 4 aromatic heterocycles. The molecule has 8 fully saturated rings. The maximum absolute atomic E-state index is 13.5. The quantitative estimate of drug-likeness (QED) is 0.0194. The number of sulfonamides is 4. The third kappa shape index (κ3) is 22.1. The lowest BCUT2D eigenvalue weighted by atomic mass is 9.88. The van der Waals surface area contributed by atoms with Crippen LogP contribution in [-0.4, -0.2) is 224 Å². The first-order valence-corrected chi connectivity index (χ1v) is 56.3. The number of ether oxygens (including phenoxy) is 5. The number of nitrogens with zero attached hydrogens (tertiary/aromatic N) is 8. The molecule has 38 heteroatoms. The molecule has 8 aromatic carbocycles. The first kappa shape index (κ1) is 107. The summed E-state index contributed by atoms with van der Waals surface area (Å²) in [7, 11) is -10.1. The molecule has 0 unspecified atom stereocenters. The number of fused-ring (bicyclic) bond motifs is 1. The van der Waals surface area contributed by atoms with Crippen molar-refractivity contribution in [1.82, 2.24) is 37.2 Å². The van der Waals surface area contributed by atoms with Crippen molar-refractivity contribution >= 4 is 92.7 Å². The largest absolute Gasteiger partial charge is 0.504 e. The Balaban J connectivity index is 0.000000131. The van der Waals surface area contributed by atoms with Gasteiger partial charge in [0.25, 0.3) is 0 Å². The van der Waals surface area contributed by atoms with Crippen LogP contribution in [0, 0.1) is 6.92 Å². The molecule has 0 spiro atoms. The fraction of sp³-hybridized carbons (Fsp3) is 0.357. The molecule has 150 heavy (non-hydrogen) atoms. The maximum Gasteiger partial charge on any atom is 0.246 e. The average Bonchev–Trinajstić information content (AvgIpc) is 1.66. The number of methoxy groups -OCH3 is 3. The van der Waals surface area contributed by atoms with E-state index in [0.717, 1.165) is 102 Å². The molecule has 4 saturated carbocycles. The van der Waals surface area contributed by atoms with Crippen LogP contribution in [-0.2, 0) is 87.4 Å². The number of nitrogens with one attached hydrogen (secondary N) is 3.